The quantitative estimate of drug-likeness (QED) is 0.527. The van der Waals surface area contributed by atoms with Crippen molar-refractivity contribution in [2.24, 2.45) is 5.92 Å². The number of unbranched alkanes of at least 4 members (excludes halogenated alkanes) is 1. The van der Waals surface area contributed by atoms with E-state index in [1.807, 2.05) is 65.6 Å². The van der Waals surface area contributed by atoms with Gasteiger partial charge < -0.3 is 20.0 Å². The Bertz CT molecular complexity index is 1050. The van der Waals surface area contributed by atoms with Crippen molar-refractivity contribution in [1.29, 1.82) is 0 Å². The smallest absolute Gasteiger partial charge is 0.250 e. The molecule has 2 aliphatic heterocycles. The van der Waals surface area contributed by atoms with Crippen LogP contribution in [-0.2, 0) is 20.9 Å². The molecule has 37 heavy (non-hydrogen) atoms. The molecule has 1 atom stereocenters. The molecule has 2 fully saturated rings. The maximum absolute atomic E-state index is 13.9. The molecule has 1 N–H and O–H groups in total. The second-order valence-corrected chi connectivity index (χ2v) is 10.3. The maximum atomic E-state index is 13.9. The van der Waals surface area contributed by atoms with Crippen molar-refractivity contribution in [3.63, 3.8) is 0 Å². The first-order valence-electron chi connectivity index (χ1n) is 13.7. The van der Waals surface area contributed by atoms with Gasteiger partial charge in [0.15, 0.2) is 0 Å². The molecular weight excluding hydrogens is 464 g/mol. The van der Waals surface area contributed by atoms with Crippen molar-refractivity contribution in [1.82, 2.24) is 15.1 Å². The fraction of sp³-hybridized carbons (Fsp3) is 0.500. The average molecular weight is 505 g/mol. The molecule has 2 aromatic carbocycles. The van der Waals surface area contributed by atoms with Crippen LogP contribution in [0.2, 0.25) is 0 Å². The van der Waals surface area contributed by atoms with E-state index in [-0.39, 0.29) is 30.2 Å². The molecular formula is C30H40N4O3. The predicted molar refractivity (Wildman–Crippen MR) is 146 cm³/mol. The van der Waals surface area contributed by atoms with Crippen LogP contribution < -0.4 is 10.2 Å². The number of hydrogen-bond donors (Lipinski definition) is 1. The van der Waals surface area contributed by atoms with Crippen LogP contribution in [-0.4, -0.2) is 59.4 Å². The van der Waals surface area contributed by atoms with Crippen LogP contribution in [0.5, 0.6) is 0 Å². The summed E-state index contributed by atoms with van der Waals surface area (Å²) in [6.45, 7) is 6.18. The molecule has 2 heterocycles. The normalized spacial score (nSPS) is 17.8. The number of anilines is 1. The van der Waals surface area contributed by atoms with Gasteiger partial charge >= 0.3 is 0 Å². The van der Waals surface area contributed by atoms with Crippen molar-refractivity contribution in [2.75, 3.05) is 31.2 Å². The van der Waals surface area contributed by atoms with Crippen LogP contribution in [0, 0.1) is 5.92 Å². The van der Waals surface area contributed by atoms with Crippen LogP contribution in [0.3, 0.4) is 0 Å². The van der Waals surface area contributed by atoms with E-state index in [1.54, 1.807) is 4.90 Å². The minimum atomic E-state index is -0.733. The molecule has 0 aliphatic carbocycles. The Balaban J connectivity index is 1.46. The Kier molecular flexibility index (Phi) is 8.85. The number of nitrogens with zero attached hydrogens (tertiary/aromatic N) is 3. The van der Waals surface area contributed by atoms with Crippen molar-refractivity contribution < 1.29 is 14.4 Å². The predicted octanol–water partition coefficient (Wildman–Crippen LogP) is 4.19. The molecule has 3 amide bonds. The Hall–Kier alpha value is -3.35. The summed E-state index contributed by atoms with van der Waals surface area (Å²) >= 11 is 0. The van der Waals surface area contributed by atoms with Crippen LogP contribution >= 0.6 is 0 Å². The minimum Gasteiger partial charge on any atom is -0.350 e. The van der Waals surface area contributed by atoms with Gasteiger partial charge in [-0.15, -0.1) is 0 Å². The van der Waals surface area contributed by atoms with E-state index in [2.05, 4.69) is 24.1 Å². The molecule has 1 unspecified atom stereocenters. The molecule has 2 aromatic rings. The van der Waals surface area contributed by atoms with Gasteiger partial charge in [-0.05, 0) is 43.4 Å². The number of hydrogen-bond acceptors (Lipinski definition) is 4. The summed E-state index contributed by atoms with van der Waals surface area (Å²) in [4.78, 5) is 45.7. The molecule has 7 nitrogen and oxygen atoms in total. The lowest BCUT2D eigenvalue weighted by Crippen LogP contribution is -2.58. The zero-order valence-electron chi connectivity index (χ0n) is 22.2. The molecule has 1 spiro atoms. The molecule has 0 saturated carbocycles. The lowest BCUT2D eigenvalue weighted by molar-refractivity contribution is -0.142. The highest BCUT2D eigenvalue weighted by molar-refractivity contribution is 5.96. The van der Waals surface area contributed by atoms with Crippen LogP contribution in [0.4, 0.5) is 5.69 Å². The number of rotatable bonds is 10. The standard InChI is InChI=1S/C30H40N4O3/c1-3-5-14-25(4-2)28(36)32-19-17-30(18-20-32)29(37)33(23-34(30)26-15-10-7-11-16-26)22-27(35)31-21-24-12-8-6-9-13-24/h6-13,15-16,25H,3-5,14,17-23H2,1-2H3,(H,31,35). The van der Waals surface area contributed by atoms with E-state index in [4.69, 9.17) is 0 Å². The first kappa shape index (κ1) is 26.7. The first-order chi connectivity index (χ1) is 18.0. The van der Waals surface area contributed by atoms with Gasteiger partial charge in [0.25, 0.3) is 5.91 Å². The molecule has 2 saturated heterocycles. The van der Waals surface area contributed by atoms with Crippen molar-refractivity contribution in [3.05, 3.63) is 66.2 Å². The molecule has 0 aromatic heterocycles. The largest absolute Gasteiger partial charge is 0.350 e. The molecule has 0 bridgehead atoms. The highest BCUT2D eigenvalue weighted by atomic mass is 16.2. The lowest BCUT2D eigenvalue weighted by atomic mass is 9.84. The molecule has 2 aliphatic rings. The lowest BCUT2D eigenvalue weighted by Gasteiger charge is -2.44. The summed E-state index contributed by atoms with van der Waals surface area (Å²) in [5, 5.41) is 2.95. The SMILES string of the molecule is CCCCC(CC)C(=O)N1CCC2(CC1)C(=O)N(CC(=O)NCc1ccccc1)CN2c1ccccc1. The van der Waals surface area contributed by atoms with E-state index in [0.29, 0.717) is 39.1 Å². The second kappa shape index (κ2) is 12.3. The van der Waals surface area contributed by atoms with Crippen LogP contribution in [0.25, 0.3) is 0 Å². The Morgan fingerprint density at radius 1 is 0.973 bits per heavy atom. The number of piperidine rings is 1. The van der Waals surface area contributed by atoms with E-state index in [1.165, 1.54) is 0 Å². The summed E-state index contributed by atoms with van der Waals surface area (Å²) in [6.07, 6.45) is 5.05. The van der Waals surface area contributed by atoms with Gasteiger partial charge in [0.1, 0.15) is 12.1 Å². The number of amides is 3. The van der Waals surface area contributed by atoms with E-state index in [9.17, 15) is 14.4 Å². The molecule has 198 valence electrons. The zero-order chi connectivity index (χ0) is 26.3. The fourth-order valence-electron chi connectivity index (χ4n) is 5.66. The van der Waals surface area contributed by atoms with Gasteiger partial charge in [0.05, 0.1) is 6.67 Å². The van der Waals surface area contributed by atoms with Gasteiger partial charge in [0, 0.05) is 31.2 Å². The Morgan fingerprint density at radius 3 is 2.24 bits per heavy atom. The maximum Gasteiger partial charge on any atom is 0.250 e. The topological polar surface area (TPSA) is 73.0 Å². The highest BCUT2D eigenvalue weighted by Crippen LogP contribution is 2.39. The Morgan fingerprint density at radius 2 is 1.62 bits per heavy atom. The second-order valence-electron chi connectivity index (χ2n) is 10.3. The van der Waals surface area contributed by atoms with Crippen LogP contribution in [0.1, 0.15) is 57.9 Å². The van der Waals surface area contributed by atoms with Crippen molar-refractivity contribution >= 4 is 23.4 Å². The Labute approximate surface area is 220 Å². The van der Waals surface area contributed by atoms with E-state index in [0.717, 1.165) is 36.9 Å². The van der Waals surface area contributed by atoms with Crippen molar-refractivity contribution in [3.8, 4) is 0 Å². The zero-order valence-corrected chi connectivity index (χ0v) is 22.2. The van der Waals surface area contributed by atoms with Crippen LogP contribution in [0.15, 0.2) is 60.7 Å². The summed E-state index contributed by atoms with van der Waals surface area (Å²) < 4.78 is 0. The fourth-order valence-corrected chi connectivity index (χ4v) is 5.66. The van der Waals surface area contributed by atoms with Gasteiger partial charge in [-0.25, -0.2) is 0 Å². The summed E-state index contributed by atoms with van der Waals surface area (Å²) in [6, 6.07) is 19.7. The summed E-state index contributed by atoms with van der Waals surface area (Å²) in [5.41, 5.74) is 1.26. The van der Waals surface area contributed by atoms with Crippen molar-refractivity contribution in [2.45, 2.75) is 64.5 Å². The van der Waals surface area contributed by atoms with Gasteiger partial charge in [-0.1, -0.05) is 75.2 Å². The molecule has 0 radical (unpaired) electrons. The van der Waals surface area contributed by atoms with E-state index >= 15 is 0 Å². The van der Waals surface area contributed by atoms with E-state index < -0.39 is 5.54 Å². The number of nitrogens with one attached hydrogen (secondary N) is 1. The minimum absolute atomic E-state index is 0.0173. The van der Waals surface area contributed by atoms with Gasteiger partial charge in [-0.3, -0.25) is 14.4 Å². The third kappa shape index (κ3) is 5.97. The van der Waals surface area contributed by atoms with Gasteiger partial charge in [0.2, 0.25) is 11.8 Å². The number of benzene rings is 2. The first-order valence-corrected chi connectivity index (χ1v) is 13.7. The number of likely N-dealkylation sites (tertiary alicyclic amines) is 1. The van der Waals surface area contributed by atoms with Gasteiger partial charge in [-0.2, -0.15) is 0 Å². The average Bonchev–Trinajstić information content (AvgIpc) is 3.19. The summed E-state index contributed by atoms with van der Waals surface area (Å²) in [5.74, 6) is 0.0934. The number of para-hydroxylation sites is 1. The monoisotopic (exact) mass is 504 g/mol. The highest BCUT2D eigenvalue weighted by Gasteiger charge is 2.54. The molecule has 4 rings (SSSR count). The third-order valence-corrected chi connectivity index (χ3v) is 7.90. The number of carbonyl (C=O) groups is 3. The summed E-state index contributed by atoms with van der Waals surface area (Å²) in [7, 11) is 0. The number of carbonyl (C=O) groups excluding carboxylic acids is 3. The third-order valence-electron chi connectivity index (χ3n) is 7.90. The molecule has 7 heteroatoms.